The van der Waals surface area contributed by atoms with Crippen molar-refractivity contribution in [1.29, 1.82) is 0 Å². The van der Waals surface area contributed by atoms with Crippen molar-refractivity contribution in [3.63, 3.8) is 0 Å². The van der Waals surface area contributed by atoms with Crippen molar-refractivity contribution < 1.29 is 4.79 Å². The molecule has 1 aromatic rings. The first-order valence-electron chi connectivity index (χ1n) is 9.00. The van der Waals surface area contributed by atoms with Crippen LogP contribution < -0.4 is 5.32 Å². The minimum absolute atomic E-state index is 0.00513. The van der Waals surface area contributed by atoms with Crippen molar-refractivity contribution in [3.05, 3.63) is 17.6 Å². The lowest BCUT2D eigenvalue weighted by molar-refractivity contribution is -0.135. The predicted octanol–water partition coefficient (Wildman–Crippen LogP) is 1.56. The fourth-order valence-electron chi connectivity index (χ4n) is 3.95. The van der Waals surface area contributed by atoms with Crippen molar-refractivity contribution in [2.45, 2.75) is 45.7 Å². The summed E-state index contributed by atoms with van der Waals surface area (Å²) in [7, 11) is 3.96. The van der Waals surface area contributed by atoms with Crippen LogP contribution in [0, 0.1) is 18.8 Å². The molecule has 1 aliphatic carbocycles. The highest BCUT2D eigenvalue weighted by atomic mass is 16.2. The number of fused-ring (bicyclic) bond motifs is 1. The molecule has 1 saturated carbocycles. The van der Waals surface area contributed by atoms with E-state index in [4.69, 9.17) is 0 Å². The summed E-state index contributed by atoms with van der Waals surface area (Å²) in [4.78, 5) is 25.6. The lowest BCUT2D eigenvalue weighted by atomic mass is 10.1. The van der Waals surface area contributed by atoms with Gasteiger partial charge in [-0.3, -0.25) is 9.69 Å². The van der Waals surface area contributed by atoms with E-state index in [1.165, 1.54) is 0 Å². The largest absolute Gasteiger partial charge is 0.367 e. The summed E-state index contributed by atoms with van der Waals surface area (Å²) < 4.78 is 0. The van der Waals surface area contributed by atoms with E-state index < -0.39 is 0 Å². The normalized spacial score (nSPS) is 26.4. The minimum atomic E-state index is 0.00513. The van der Waals surface area contributed by atoms with Crippen LogP contribution in [-0.4, -0.2) is 64.9 Å². The summed E-state index contributed by atoms with van der Waals surface area (Å²) in [5.74, 6) is 3.15. The fraction of sp³-hybridized carbons (Fsp3) is 0.722. The van der Waals surface area contributed by atoms with Crippen molar-refractivity contribution in [3.8, 4) is 0 Å². The number of carbonyl (C=O) groups excluding carboxylic acids is 1. The van der Waals surface area contributed by atoms with E-state index in [1.807, 2.05) is 36.9 Å². The summed E-state index contributed by atoms with van der Waals surface area (Å²) in [5, 5.41) is 3.56. The van der Waals surface area contributed by atoms with Crippen molar-refractivity contribution >= 4 is 11.7 Å². The molecule has 1 amide bonds. The zero-order valence-electron chi connectivity index (χ0n) is 15.4. The number of amides is 1. The molecule has 3 rings (SSSR count). The molecule has 1 aromatic heterocycles. The van der Waals surface area contributed by atoms with E-state index in [0.29, 0.717) is 17.9 Å². The van der Waals surface area contributed by atoms with Crippen LogP contribution in [0.5, 0.6) is 0 Å². The second kappa shape index (κ2) is 6.67. The standard InChI is InChI=1S/C18H29N5O/c1-6-12-8-16(20-11(3)19-12)21-17-13-9-23(10-14(13)17)18(24)15(7-2)22(4)5/h8,13-15,17H,6-7,9-10H2,1-5H3,(H,19,20,21)/t13-,14+,15-,17?/m0/s1. The molecule has 2 fully saturated rings. The molecule has 0 radical (unpaired) electrons. The van der Waals surface area contributed by atoms with Gasteiger partial charge in [0.05, 0.1) is 6.04 Å². The molecule has 1 unspecified atom stereocenters. The summed E-state index contributed by atoms with van der Waals surface area (Å²) in [6, 6.07) is 2.50. The third-order valence-electron chi connectivity index (χ3n) is 5.37. The van der Waals surface area contributed by atoms with Gasteiger partial charge in [-0.25, -0.2) is 9.97 Å². The highest BCUT2D eigenvalue weighted by molar-refractivity contribution is 5.82. The van der Waals surface area contributed by atoms with Crippen LogP contribution in [0.15, 0.2) is 6.07 Å². The monoisotopic (exact) mass is 331 g/mol. The topological polar surface area (TPSA) is 61.4 Å². The number of likely N-dealkylation sites (N-methyl/N-ethyl adjacent to an activating group) is 1. The summed E-state index contributed by atoms with van der Waals surface area (Å²) in [5.41, 5.74) is 1.07. The molecule has 6 nitrogen and oxygen atoms in total. The van der Waals surface area contributed by atoms with Crippen molar-refractivity contribution in [2.24, 2.45) is 11.8 Å². The van der Waals surface area contributed by atoms with E-state index in [1.54, 1.807) is 0 Å². The Hall–Kier alpha value is -1.69. The van der Waals surface area contributed by atoms with Crippen LogP contribution in [-0.2, 0) is 11.2 Å². The zero-order valence-corrected chi connectivity index (χ0v) is 15.4. The first-order valence-corrected chi connectivity index (χ1v) is 9.00. The van der Waals surface area contributed by atoms with E-state index in [-0.39, 0.29) is 11.9 Å². The van der Waals surface area contributed by atoms with E-state index in [9.17, 15) is 4.79 Å². The lowest BCUT2D eigenvalue weighted by Gasteiger charge is -2.28. The van der Waals surface area contributed by atoms with Gasteiger partial charge in [0.15, 0.2) is 0 Å². The molecule has 0 spiro atoms. The zero-order chi connectivity index (χ0) is 17.4. The number of hydrogen-bond acceptors (Lipinski definition) is 5. The average molecular weight is 331 g/mol. The second-order valence-electron chi connectivity index (χ2n) is 7.27. The Morgan fingerprint density at radius 3 is 2.54 bits per heavy atom. The van der Waals surface area contributed by atoms with Gasteiger partial charge >= 0.3 is 0 Å². The number of anilines is 1. The molecule has 2 heterocycles. The van der Waals surface area contributed by atoms with Crippen LogP contribution in [0.4, 0.5) is 5.82 Å². The van der Waals surface area contributed by atoms with Gasteiger partial charge in [-0.2, -0.15) is 0 Å². The molecule has 1 aliphatic heterocycles. The Kier molecular flexibility index (Phi) is 4.76. The number of nitrogens with one attached hydrogen (secondary N) is 1. The Bertz CT molecular complexity index is 605. The Morgan fingerprint density at radius 2 is 2.00 bits per heavy atom. The number of rotatable bonds is 6. The first-order chi connectivity index (χ1) is 11.4. The highest BCUT2D eigenvalue weighted by Crippen LogP contribution is 2.47. The molecule has 0 aromatic carbocycles. The maximum absolute atomic E-state index is 12.6. The predicted molar refractivity (Wildman–Crippen MR) is 94.9 cm³/mol. The van der Waals surface area contributed by atoms with Gasteiger partial charge in [-0.05, 0) is 33.9 Å². The maximum atomic E-state index is 12.6. The Balaban J connectivity index is 1.57. The lowest BCUT2D eigenvalue weighted by Crippen LogP contribution is -2.46. The molecular weight excluding hydrogens is 302 g/mol. The third-order valence-corrected chi connectivity index (χ3v) is 5.37. The summed E-state index contributed by atoms with van der Waals surface area (Å²) >= 11 is 0. The van der Waals surface area contributed by atoms with Gasteiger partial charge < -0.3 is 10.2 Å². The molecule has 1 saturated heterocycles. The smallest absolute Gasteiger partial charge is 0.239 e. The van der Waals surface area contributed by atoms with E-state index >= 15 is 0 Å². The van der Waals surface area contributed by atoms with Crippen LogP contribution in [0.25, 0.3) is 0 Å². The van der Waals surface area contributed by atoms with Crippen molar-refractivity contribution in [2.75, 3.05) is 32.5 Å². The summed E-state index contributed by atoms with van der Waals surface area (Å²) in [6.07, 6.45) is 1.78. The number of aryl methyl sites for hydroxylation is 2. The number of carbonyl (C=O) groups is 1. The molecule has 6 heteroatoms. The van der Waals surface area contributed by atoms with Gasteiger partial charge in [0.1, 0.15) is 11.6 Å². The number of likely N-dealkylation sites (tertiary alicyclic amines) is 1. The molecule has 0 bridgehead atoms. The average Bonchev–Trinajstić information content (AvgIpc) is 2.96. The van der Waals surface area contributed by atoms with Gasteiger partial charge in [-0.15, -0.1) is 0 Å². The number of nitrogens with zero attached hydrogens (tertiary/aromatic N) is 4. The second-order valence-corrected chi connectivity index (χ2v) is 7.27. The number of piperidine rings is 1. The Labute approximate surface area is 144 Å². The molecule has 1 N–H and O–H groups in total. The van der Waals surface area contributed by atoms with Crippen LogP contribution in [0.1, 0.15) is 31.8 Å². The van der Waals surface area contributed by atoms with Gasteiger partial charge in [0.2, 0.25) is 5.91 Å². The Morgan fingerprint density at radius 1 is 1.33 bits per heavy atom. The van der Waals surface area contributed by atoms with Crippen LogP contribution >= 0.6 is 0 Å². The number of aromatic nitrogens is 2. The molecule has 2 aliphatic rings. The summed E-state index contributed by atoms with van der Waals surface area (Å²) in [6.45, 7) is 7.86. The van der Waals surface area contributed by atoms with Crippen LogP contribution in [0.3, 0.4) is 0 Å². The molecular formula is C18H29N5O. The van der Waals surface area contributed by atoms with E-state index in [0.717, 1.165) is 43.3 Å². The first kappa shape index (κ1) is 17.1. The van der Waals surface area contributed by atoms with Crippen molar-refractivity contribution in [1.82, 2.24) is 19.8 Å². The third kappa shape index (κ3) is 3.24. The van der Waals surface area contributed by atoms with Gasteiger partial charge in [0.25, 0.3) is 0 Å². The molecule has 132 valence electrons. The highest BCUT2D eigenvalue weighted by Gasteiger charge is 2.57. The molecule has 24 heavy (non-hydrogen) atoms. The van der Waals surface area contributed by atoms with Gasteiger partial charge in [-0.1, -0.05) is 13.8 Å². The molecule has 4 atom stereocenters. The minimum Gasteiger partial charge on any atom is -0.367 e. The number of hydrogen-bond donors (Lipinski definition) is 1. The maximum Gasteiger partial charge on any atom is 0.239 e. The van der Waals surface area contributed by atoms with Gasteiger partial charge in [0, 0.05) is 42.7 Å². The van der Waals surface area contributed by atoms with Crippen LogP contribution in [0.2, 0.25) is 0 Å². The SMILES string of the molecule is CCc1cc(NC2[C@H]3CN(C(=O)[C@H](CC)N(C)C)C[C@@H]23)nc(C)n1. The van der Waals surface area contributed by atoms with E-state index in [2.05, 4.69) is 29.1 Å². The fourth-order valence-corrected chi connectivity index (χ4v) is 3.95. The quantitative estimate of drug-likeness (QED) is 0.857.